The van der Waals surface area contributed by atoms with Crippen LogP contribution in [-0.2, 0) is 4.79 Å². The third kappa shape index (κ3) is 3.87. The van der Waals surface area contributed by atoms with Gasteiger partial charge in [0.1, 0.15) is 11.3 Å². The lowest BCUT2D eigenvalue weighted by Crippen LogP contribution is -2.42. The molecule has 168 valence electrons. The highest BCUT2D eigenvalue weighted by molar-refractivity contribution is 6.01. The molecule has 0 spiro atoms. The number of nitrogens with zero attached hydrogens (tertiary/aromatic N) is 6. The SMILES string of the molecule is Cc1ncc(-c2ccc3ncc4c(=O)[nH]c(=O)n(C5CCN(CC(N)=O)CC5)c4c3n2)cn1. The van der Waals surface area contributed by atoms with Crippen molar-refractivity contribution in [1.82, 2.24) is 34.4 Å². The third-order valence-corrected chi connectivity index (χ3v) is 5.99. The fourth-order valence-corrected chi connectivity index (χ4v) is 4.38. The quantitative estimate of drug-likeness (QED) is 0.430. The number of hydrogen-bond donors (Lipinski definition) is 2. The number of primary amides is 1. The molecule has 4 aromatic heterocycles. The van der Waals surface area contributed by atoms with E-state index in [2.05, 4.69) is 19.9 Å². The van der Waals surface area contributed by atoms with E-state index < -0.39 is 11.2 Å². The van der Waals surface area contributed by atoms with E-state index in [1.165, 1.54) is 6.20 Å². The van der Waals surface area contributed by atoms with Gasteiger partial charge in [-0.05, 0) is 31.9 Å². The van der Waals surface area contributed by atoms with Crippen molar-refractivity contribution in [2.75, 3.05) is 19.6 Å². The molecule has 1 fully saturated rings. The molecule has 0 unspecified atom stereocenters. The molecule has 4 aromatic rings. The first-order valence-electron chi connectivity index (χ1n) is 10.6. The van der Waals surface area contributed by atoms with Gasteiger partial charge in [0.05, 0.1) is 28.7 Å². The molecule has 0 aromatic carbocycles. The van der Waals surface area contributed by atoms with Gasteiger partial charge in [0.2, 0.25) is 5.91 Å². The number of hydrogen-bond acceptors (Lipinski definition) is 8. The Hall–Kier alpha value is -3.99. The van der Waals surface area contributed by atoms with E-state index in [9.17, 15) is 14.4 Å². The van der Waals surface area contributed by atoms with Gasteiger partial charge in [-0.2, -0.15) is 0 Å². The zero-order valence-electron chi connectivity index (χ0n) is 18.0. The largest absolute Gasteiger partial charge is 0.369 e. The molecule has 33 heavy (non-hydrogen) atoms. The van der Waals surface area contributed by atoms with Crippen molar-refractivity contribution in [1.29, 1.82) is 0 Å². The maximum atomic E-state index is 13.0. The number of carbonyl (C=O) groups excluding carboxylic acids is 1. The predicted octanol–water partition coefficient (Wildman–Crippen LogP) is 0.521. The number of nitrogens with one attached hydrogen (secondary N) is 1. The number of rotatable bonds is 4. The molecule has 1 aliphatic rings. The number of amides is 1. The molecular formula is C22H22N8O3. The van der Waals surface area contributed by atoms with E-state index >= 15 is 0 Å². The maximum absolute atomic E-state index is 13.0. The smallest absolute Gasteiger partial charge is 0.329 e. The zero-order valence-corrected chi connectivity index (χ0v) is 18.0. The van der Waals surface area contributed by atoms with Gasteiger partial charge in [0.15, 0.2) is 0 Å². The summed E-state index contributed by atoms with van der Waals surface area (Å²) < 4.78 is 1.62. The first-order valence-corrected chi connectivity index (χ1v) is 10.6. The van der Waals surface area contributed by atoms with Gasteiger partial charge in [-0.3, -0.25) is 29.0 Å². The predicted molar refractivity (Wildman–Crippen MR) is 122 cm³/mol. The van der Waals surface area contributed by atoms with Crippen molar-refractivity contribution in [2.45, 2.75) is 25.8 Å². The molecule has 1 amide bonds. The number of aryl methyl sites for hydroxylation is 1. The van der Waals surface area contributed by atoms with E-state index in [0.29, 0.717) is 59.4 Å². The third-order valence-electron chi connectivity index (χ3n) is 5.99. The second-order valence-electron chi connectivity index (χ2n) is 8.21. The Morgan fingerprint density at radius 2 is 1.85 bits per heavy atom. The summed E-state index contributed by atoms with van der Waals surface area (Å²) in [7, 11) is 0. The first-order chi connectivity index (χ1) is 15.9. The summed E-state index contributed by atoms with van der Waals surface area (Å²) in [6.45, 7) is 3.21. The van der Waals surface area contributed by atoms with Crippen molar-refractivity contribution < 1.29 is 4.79 Å². The fourth-order valence-electron chi connectivity index (χ4n) is 4.38. The van der Waals surface area contributed by atoms with Crippen LogP contribution in [0, 0.1) is 6.92 Å². The molecule has 0 radical (unpaired) electrons. The second-order valence-corrected chi connectivity index (χ2v) is 8.21. The van der Waals surface area contributed by atoms with Gasteiger partial charge in [0, 0.05) is 43.3 Å². The number of H-pyrrole nitrogens is 1. The van der Waals surface area contributed by atoms with E-state index in [0.717, 1.165) is 5.56 Å². The highest BCUT2D eigenvalue weighted by Crippen LogP contribution is 2.28. The molecule has 11 nitrogen and oxygen atoms in total. The van der Waals surface area contributed by atoms with E-state index in [1.54, 1.807) is 23.9 Å². The molecule has 5 heterocycles. The van der Waals surface area contributed by atoms with Crippen LogP contribution in [0.3, 0.4) is 0 Å². The minimum atomic E-state index is -0.502. The normalized spacial score (nSPS) is 15.3. The Morgan fingerprint density at radius 1 is 1.12 bits per heavy atom. The Morgan fingerprint density at radius 3 is 2.55 bits per heavy atom. The van der Waals surface area contributed by atoms with E-state index in [4.69, 9.17) is 10.7 Å². The van der Waals surface area contributed by atoms with Gasteiger partial charge in [-0.15, -0.1) is 0 Å². The van der Waals surface area contributed by atoms with Crippen molar-refractivity contribution in [3.8, 4) is 11.3 Å². The second kappa shape index (κ2) is 8.17. The van der Waals surface area contributed by atoms with Crippen molar-refractivity contribution in [2.24, 2.45) is 5.73 Å². The number of likely N-dealkylation sites (tertiary alicyclic amines) is 1. The molecule has 11 heteroatoms. The maximum Gasteiger partial charge on any atom is 0.329 e. The van der Waals surface area contributed by atoms with Gasteiger partial charge in [0.25, 0.3) is 5.56 Å². The minimum Gasteiger partial charge on any atom is -0.369 e. The Balaban J connectivity index is 1.68. The van der Waals surface area contributed by atoms with Gasteiger partial charge in [-0.1, -0.05) is 0 Å². The molecule has 0 atom stereocenters. The monoisotopic (exact) mass is 446 g/mol. The molecular weight excluding hydrogens is 424 g/mol. The molecule has 0 aliphatic carbocycles. The Bertz CT molecular complexity index is 1480. The average molecular weight is 446 g/mol. The highest BCUT2D eigenvalue weighted by atomic mass is 16.2. The first kappa shape index (κ1) is 20.9. The van der Waals surface area contributed by atoms with Crippen LogP contribution < -0.4 is 17.0 Å². The van der Waals surface area contributed by atoms with Crippen LogP contribution in [0.4, 0.5) is 0 Å². The lowest BCUT2D eigenvalue weighted by molar-refractivity contribution is -0.119. The summed E-state index contributed by atoms with van der Waals surface area (Å²) in [6.07, 6.45) is 6.10. The van der Waals surface area contributed by atoms with Crippen molar-refractivity contribution in [3.63, 3.8) is 0 Å². The summed E-state index contributed by atoms with van der Waals surface area (Å²) in [5, 5.41) is 0.298. The lowest BCUT2D eigenvalue weighted by Gasteiger charge is -2.32. The highest BCUT2D eigenvalue weighted by Gasteiger charge is 2.25. The zero-order chi connectivity index (χ0) is 23.1. The van der Waals surface area contributed by atoms with Gasteiger partial charge in [-0.25, -0.2) is 19.7 Å². The van der Waals surface area contributed by atoms with Crippen LogP contribution in [0.2, 0.25) is 0 Å². The number of pyridine rings is 2. The Kier molecular flexibility index (Phi) is 5.17. The van der Waals surface area contributed by atoms with Crippen LogP contribution in [-0.4, -0.2) is 59.9 Å². The summed E-state index contributed by atoms with van der Waals surface area (Å²) in [5.41, 5.74) is 7.16. The number of piperidine rings is 1. The number of carbonyl (C=O) groups is 1. The summed E-state index contributed by atoms with van der Waals surface area (Å²) in [4.78, 5) is 58.9. The number of nitrogens with two attached hydrogens (primary N) is 1. The molecule has 0 bridgehead atoms. The molecule has 5 rings (SSSR count). The molecule has 1 saturated heterocycles. The summed E-state index contributed by atoms with van der Waals surface area (Å²) in [5.74, 6) is 0.267. The minimum absolute atomic E-state index is 0.167. The fraction of sp³-hybridized carbons (Fsp3) is 0.318. The lowest BCUT2D eigenvalue weighted by atomic mass is 10.0. The Labute approximate surface area is 187 Å². The molecule has 1 aliphatic heterocycles. The van der Waals surface area contributed by atoms with Gasteiger partial charge < -0.3 is 5.73 Å². The summed E-state index contributed by atoms with van der Waals surface area (Å²) >= 11 is 0. The molecule has 3 N–H and O–H groups in total. The van der Waals surface area contributed by atoms with Crippen LogP contribution >= 0.6 is 0 Å². The number of fused-ring (bicyclic) bond motifs is 3. The van der Waals surface area contributed by atoms with Crippen molar-refractivity contribution in [3.05, 3.63) is 57.4 Å². The van der Waals surface area contributed by atoms with Crippen LogP contribution in [0.1, 0.15) is 24.7 Å². The number of aromatic amines is 1. The van der Waals surface area contributed by atoms with Crippen LogP contribution in [0.15, 0.2) is 40.3 Å². The number of aromatic nitrogens is 6. The van der Waals surface area contributed by atoms with Gasteiger partial charge >= 0.3 is 5.69 Å². The van der Waals surface area contributed by atoms with E-state index in [-0.39, 0.29) is 18.5 Å². The topological polar surface area (TPSA) is 153 Å². The average Bonchev–Trinajstić information content (AvgIpc) is 2.80. The van der Waals surface area contributed by atoms with E-state index in [1.807, 2.05) is 17.0 Å². The van der Waals surface area contributed by atoms with Crippen LogP contribution in [0.5, 0.6) is 0 Å². The van der Waals surface area contributed by atoms with Crippen LogP contribution in [0.25, 0.3) is 33.2 Å². The molecule has 0 saturated carbocycles. The van der Waals surface area contributed by atoms with Crippen molar-refractivity contribution >= 4 is 27.8 Å². The standard InChI is InChI=1S/C22H22N8O3/c1-12-24-8-13(9-25-12)16-2-3-17-19(27-16)20-15(10-26-17)21(32)28-22(33)30(20)14-4-6-29(7-5-14)11-18(23)31/h2-3,8-10,14H,4-7,11H2,1H3,(H2,23,31)(H,28,32,33). The summed E-state index contributed by atoms with van der Waals surface area (Å²) in [6, 6.07) is 3.45.